The van der Waals surface area contributed by atoms with Crippen molar-refractivity contribution in [1.82, 2.24) is 4.98 Å². The minimum Gasteiger partial charge on any atom is -0.315 e. The average Bonchev–Trinajstić information content (AvgIpc) is 2.38. The minimum absolute atomic E-state index is 0.101. The van der Waals surface area contributed by atoms with Crippen molar-refractivity contribution in [3.63, 3.8) is 0 Å². The van der Waals surface area contributed by atoms with Crippen molar-refractivity contribution in [3.8, 4) is 0 Å². The number of rotatable bonds is 3. The largest absolute Gasteiger partial charge is 0.315 e. The molecule has 0 unspecified atom stereocenters. The van der Waals surface area contributed by atoms with Gasteiger partial charge in [-0.25, -0.2) is 9.37 Å². The Morgan fingerprint density at radius 3 is 2.75 bits per heavy atom. The second-order valence-electron chi connectivity index (χ2n) is 4.04. The second kappa shape index (κ2) is 5.43. The zero-order valence-electron chi connectivity index (χ0n) is 10.5. The van der Waals surface area contributed by atoms with E-state index in [0.29, 0.717) is 5.69 Å². The Morgan fingerprint density at radius 2 is 2.10 bits per heavy atom. The molecule has 0 spiro atoms. The molecule has 1 aromatic carbocycles. The molecule has 6 nitrogen and oxygen atoms in total. The van der Waals surface area contributed by atoms with Crippen molar-refractivity contribution in [2.45, 2.75) is 6.92 Å². The molecule has 1 aromatic heterocycles. The van der Waals surface area contributed by atoms with Gasteiger partial charge in [0.1, 0.15) is 17.2 Å². The zero-order valence-corrected chi connectivity index (χ0v) is 10.5. The summed E-state index contributed by atoms with van der Waals surface area (Å²) in [6, 6.07) is 7.66. The van der Waals surface area contributed by atoms with Gasteiger partial charge in [0, 0.05) is 17.8 Å². The highest BCUT2D eigenvalue weighted by Gasteiger charge is 2.18. The number of hydrogen-bond acceptors (Lipinski definition) is 4. The molecule has 0 atom stereocenters. The number of carbonyl (C=O) groups excluding carboxylic acids is 1. The maximum atomic E-state index is 13.1. The van der Waals surface area contributed by atoms with Crippen LogP contribution in [0.5, 0.6) is 0 Å². The molecule has 0 aliphatic rings. The molecular weight excluding hydrogens is 265 g/mol. The number of halogens is 1. The lowest BCUT2D eigenvalue weighted by Crippen LogP contribution is -2.15. The van der Waals surface area contributed by atoms with E-state index in [-0.39, 0.29) is 17.1 Å². The van der Waals surface area contributed by atoms with Crippen LogP contribution >= 0.6 is 0 Å². The van der Waals surface area contributed by atoms with Crippen LogP contribution in [0.25, 0.3) is 0 Å². The summed E-state index contributed by atoms with van der Waals surface area (Å²) in [5.74, 6) is -1.31. The molecule has 0 saturated heterocycles. The summed E-state index contributed by atoms with van der Waals surface area (Å²) in [6.07, 6.45) is 0. The number of nitrogens with one attached hydrogen (secondary N) is 1. The van der Waals surface area contributed by atoms with Crippen molar-refractivity contribution in [1.29, 1.82) is 0 Å². The highest BCUT2D eigenvalue weighted by atomic mass is 19.1. The van der Waals surface area contributed by atoms with Crippen molar-refractivity contribution in [3.05, 3.63) is 63.7 Å². The molecule has 102 valence electrons. The molecule has 1 heterocycles. The van der Waals surface area contributed by atoms with Crippen molar-refractivity contribution >= 4 is 17.3 Å². The van der Waals surface area contributed by atoms with E-state index in [2.05, 4.69) is 10.3 Å². The van der Waals surface area contributed by atoms with E-state index in [9.17, 15) is 19.3 Å². The van der Waals surface area contributed by atoms with Gasteiger partial charge < -0.3 is 5.32 Å². The minimum atomic E-state index is -0.696. The van der Waals surface area contributed by atoms with Gasteiger partial charge in [-0.1, -0.05) is 6.07 Å². The number of aryl methyl sites for hydroxylation is 1. The van der Waals surface area contributed by atoms with E-state index >= 15 is 0 Å². The number of amides is 1. The normalized spacial score (nSPS) is 10.1. The third-order valence-corrected chi connectivity index (χ3v) is 2.52. The number of anilines is 1. The number of aromatic nitrogens is 1. The molecule has 1 amide bonds. The van der Waals surface area contributed by atoms with Crippen LogP contribution in [0.15, 0.2) is 36.4 Å². The second-order valence-corrected chi connectivity index (χ2v) is 4.04. The van der Waals surface area contributed by atoms with Crippen LogP contribution in [0.3, 0.4) is 0 Å². The number of nitro groups is 1. The van der Waals surface area contributed by atoms with Gasteiger partial charge in [0.25, 0.3) is 11.6 Å². The molecule has 0 aliphatic heterocycles. The quantitative estimate of drug-likeness (QED) is 0.689. The number of nitrogens with zero attached hydrogens (tertiary/aromatic N) is 2. The lowest BCUT2D eigenvalue weighted by molar-refractivity contribution is -0.384. The third kappa shape index (κ3) is 2.94. The molecule has 2 aromatic rings. The van der Waals surface area contributed by atoms with Gasteiger partial charge >= 0.3 is 0 Å². The molecule has 0 bridgehead atoms. The van der Waals surface area contributed by atoms with Gasteiger partial charge in [0.15, 0.2) is 0 Å². The van der Waals surface area contributed by atoms with Gasteiger partial charge in [0.2, 0.25) is 0 Å². The number of pyridine rings is 1. The summed E-state index contributed by atoms with van der Waals surface area (Å²) in [4.78, 5) is 26.0. The first-order chi connectivity index (χ1) is 9.47. The predicted molar refractivity (Wildman–Crippen MR) is 70.0 cm³/mol. The third-order valence-electron chi connectivity index (χ3n) is 2.52. The number of hydrogen-bond donors (Lipinski definition) is 1. The van der Waals surface area contributed by atoms with Gasteiger partial charge in [-0.05, 0) is 25.1 Å². The Kier molecular flexibility index (Phi) is 3.69. The first-order valence-electron chi connectivity index (χ1n) is 5.66. The zero-order chi connectivity index (χ0) is 14.7. The SMILES string of the molecule is Cc1cccc(C(=O)Nc2cc(F)ccc2[N+](=O)[O-])n1. The molecular formula is C13H10FN3O3. The summed E-state index contributed by atoms with van der Waals surface area (Å²) in [7, 11) is 0. The maximum Gasteiger partial charge on any atom is 0.292 e. The smallest absolute Gasteiger partial charge is 0.292 e. The Morgan fingerprint density at radius 1 is 1.35 bits per heavy atom. The molecule has 0 aliphatic carbocycles. The summed E-state index contributed by atoms with van der Waals surface area (Å²) >= 11 is 0. The fourth-order valence-corrected chi connectivity index (χ4v) is 1.62. The standard InChI is InChI=1S/C13H10FN3O3/c1-8-3-2-4-10(15-8)13(18)16-11-7-9(14)5-6-12(11)17(19)20/h2-7H,1H3,(H,16,18). The van der Waals surface area contributed by atoms with Crippen molar-refractivity contribution < 1.29 is 14.1 Å². The monoisotopic (exact) mass is 275 g/mol. The van der Waals surface area contributed by atoms with Gasteiger partial charge in [-0.2, -0.15) is 0 Å². The van der Waals surface area contributed by atoms with Crippen LogP contribution in [0.4, 0.5) is 15.8 Å². The highest BCUT2D eigenvalue weighted by molar-refractivity contribution is 6.04. The molecule has 0 saturated carbocycles. The van der Waals surface area contributed by atoms with Gasteiger partial charge in [-0.3, -0.25) is 14.9 Å². The van der Waals surface area contributed by atoms with Gasteiger partial charge in [-0.15, -0.1) is 0 Å². The van der Waals surface area contributed by atoms with Crippen LogP contribution in [0.1, 0.15) is 16.2 Å². The summed E-state index contributed by atoms with van der Waals surface area (Å²) < 4.78 is 13.1. The Labute approximate surface area is 113 Å². The summed E-state index contributed by atoms with van der Waals surface area (Å²) in [5.41, 5.74) is 0.144. The Hall–Kier alpha value is -2.83. The number of nitro benzene ring substituents is 1. The van der Waals surface area contributed by atoms with Crippen LogP contribution < -0.4 is 5.32 Å². The Balaban J connectivity index is 2.32. The van der Waals surface area contributed by atoms with E-state index in [1.54, 1.807) is 19.1 Å². The molecule has 0 fully saturated rings. The highest BCUT2D eigenvalue weighted by Crippen LogP contribution is 2.25. The Bertz CT molecular complexity index is 688. The molecule has 7 heteroatoms. The van der Waals surface area contributed by atoms with E-state index in [4.69, 9.17) is 0 Å². The molecule has 0 radical (unpaired) electrons. The van der Waals surface area contributed by atoms with Crippen LogP contribution in [-0.4, -0.2) is 15.8 Å². The number of benzene rings is 1. The first-order valence-corrected chi connectivity index (χ1v) is 5.66. The maximum absolute atomic E-state index is 13.1. The van der Waals surface area contributed by atoms with Gasteiger partial charge in [0.05, 0.1) is 4.92 Å². The average molecular weight is 275 g/mol. The lowest BCUT2D eigenvalue weighted by Gasteiger charge is -2.06. The van der Waals surface area contributed by atoms with Crippen LogP contribution in [0, 0.1) is 22.9 Å². The molecule has 2 rings (SSSR count). The fourth-order valence-electron chi connectivity index (χ4n) is 1.62. The van der Waals surface area contributed by atoms with E-state index in [1.165, 1.54) is 6.07 Å². The fraction of sp³-hybridized carbons (Fsp3) is 0.0769. The molecule has 1 N–H and O–H groups in total. The van der Waals surface area contributed by atoms with Crippen molar-refractivity contribution in [2.24, 2.45) is 0 Å². The molecule has 20 heavy (non-hydrogen) atoms. The van der Waals surface area contributed by atoms with Crippen molar-refractivity contribution in [2.75, 3.05) is 5.32 Å². The van der Waals surface area contributed by atoms with Crippen LogP contribution in [-0.2, 0) is 0 Å². The predicted octanol–water partition coefficient (Wildman–Crippen LogP) is 2.69. The first kappa shape index (κ1) is 13.6. The lowest BCUT2D eigenvalue weighted by atomic mass is 10.2. The van der Waals surface area contributed by atoms with E-state index in [1.807, 2.05) is 0 Å². The topological polar surface area (TPSA) is 85.1 Å². The van der Waals surface area contributed by atoms with E-state index in [0.717, 1.165) is 18.2 Å². The summed E-state index contributed by atoms with van der Waals surface area (Å²) in [5, 5.41) is 13.1. The van der Waals surface area contributed by atoms with E-state index < -0.39 is 16.6 Å². The number of carbonyl (C=O) groups is 1. The van der Waals surface area contributed by atoms with Crippen LogP contribution in [0.2, 0.25) is 0 Å². The summed E-state index contributed by atoms with van der Waals surface area (Å²) in [6.45, 7) is 1.71.